The standard InChI is InChI=1S/C28H48O3.C7H14O/c1-18(7-12-25(30)31-26(2,3)4)22-10-11-23-21-9-8-19-17-20(29)13-15-27(19,5)24(21)14-16-28(22,23)6;1-3-4-5-6-7(2)8/h18-24,29H,7-17H2,1-6H3;3-6H2,1-2H3/t18-,19-,20-,21+,22-,23+,24+,27+,28-;/m1./s1. The first-order valence-corrected chi connectivity index (χ1v) is 16.6. The summed E-state index contributed by atoms with van der Waals surface area (Å²) in [4.78, 5) is 22.6. The van der Waals surface area contributed by atoms with Crippen LogP contribution in [0, 0.1) is 46.3 Å². The molecule has 0 unspecified atom stereocenters. The molecule has 0 saturated heterocycles. The normalized spacial score (nSPS) is 38.4. The van der Waals surface area contributed by atoms with E-state index in [1.165, 1.54) is 57.8 Å². The van der Waals surface area contributed by atoms with E-state index in [1.54, 1.807) is 6.92 Å². The molecule has 4 saturated carbocycles. The Morgan fingerprint density at radius 1 is 0.923 bits per heavy atom. The van der Waals surface area contributed by atoms with E-state index in [4.69, 9.17) is 4.74 Å². The van der Waals surface area contributed by atoms with Crippen LogP contribution in [0.3, 0.4) is 0 Å². The molecule has 39 heavy (non-hydrogen) atoms. The molecule has 4 heteroatoms. The molecule has 1 N–H and O–H groups in total. The van der Waals surface area contributed by atoms with Crippen LogP contribution in [0.2, 0.25) is 0 Å². The van der Waals surface area contributed by atoms with Gasteiger partial charge in [0.25, 0.3) is 0 Å². The summed E-state index contributed by atoms with van der Waals surface area (Å²) in [7, 11) is 0. The van der Waals surface area contributed by atoms with Crippen molar-refractivity contribution >= 4 is 11.8 Å². The van der Waals surface area contributed by atoms with E-state index in [0.717, 1.165) is 61.7 Å². The quantitative estimate of drug-likeness (QED) is 0.244. The number of unbranched alkanes of at least 4 members (excludes halogenated alkanes) is 2. The maximum atomic E-state index is 12.3. The molecule has 9 atom stereocenters. The molecule has 0 aliphatic heterocycles. The van der Waals surface area contributed by atoms with Crippen molar-refractivity contribution in [3.63, 3.8) is 0 Å². The van der Waals surface area contributed by atoms with Crippen molar-refractivity contribution in [1.29, 1.82) is 0 Å². The summed E-state index contributed by atoms with van der Waals surface area (Å²) in [6.45, 7) is 17.2. The van der Waals surface area contributed by atoms with E-state index < -0.39 is 0 Å². The fourth-order valence-electron chi connectivity index (χ4n) is 9.77. The van der Waals surface area contributed by atoms with E-state index in [2.05, 4.69) is 27.7 Å². The van der Waals surface area contributed by atoms with Crippen LogP contribution in [0.15, 0.2) is 0 Å². The van der Waals surface area contributed by atoms with Crippen molar-refractivity contribution in [2.24, 2.45) is 46.3 Å². The van der Waals surface area contributed by atoms with Gasteiger partial charge >= 0.3 is 5.97 Å². The van der Waals surface area contributed by atoms with Gasteiger partial charge in [-0.2, -0.15) is 0 Å². The Balaban J connectivity index is 0.000000459. The highest BCUT2D eigenvalue weighted by molar-refractivity contribution is 5.75. The molecule has 0 aromatic rings. The summed E-state index contributed by atoms with van der Waals surface area (Å²) < 4.78 is 5.57. The lowest BCUT2D eigenvalue weighted by Crippen LogP contribution is -2.54. The molecule has 226 valence electrons. The van der Waals surface area contributed by atoms with Gasteiger partial charge in [0.1, 0.15) is 11.4 Å². The molecule has 4 aliphatic carbocycles. The number of carbonyl (C=O) groups is 2. The second-order valence-electron chi connectivity index (χ2n) is 15.6. The van der Waals surface area contributed by atoms with Gasteiger partial charge in [-0.25, -0.2) is 0 Å². The predicted molar refractivity (Wildman–Crippen MR) is 160 cm³/mol. The number of Topliss-reactive ketones (excluding diaryl/α,β-unsaturated/α-hetero) is 1. The Labute approximate surface area is 240 Å². The van der Waals surface area contributed by atoms with Crippen LogP contribution < -0.4 is 0 Å². The summed E-state index contributed by atoms with van der Waals surface area (Å²) in [5, 5.41) is 10.3. The summed E-state index contributed by atoms with van der Waals surface area (Å²) in [6.07, 6.45) is 17.2. The first kappa shape index (κ1) is 32.6. The third kappa shape index (κ3) is 7.89. The zero-order valence-electron chi connectivity index (χ0n) is 26.8. The highest BCUT2D eigenvalue weighted by atomic mass is 16.6. The highest BCUT2D eigenvalue weighted by Crippen LogP contribution is 2.68. The molecule has 4 nitrogen and oxygen atoms in total. The molecular formula is C35H62O4. The number of hydrogen-bond donors (Lipinski definition) is 1. The number of ether oxygens (including phenoxy) is 1. The molecule has 0 aromatic carbocycles. The van der Waals surface area contributed by atoms with Gasteiger partial charge in [-0.1, -0.05) is 40.5 Å². The van der Waals surface area contributed by atoms with Crippen LogP contribution in [-0.2, 0) is 14.3 Å². The number of aliphatic hydroxyl groups excluding tert-OH is 1. The van der Waals surface area contributed by atoms with E-state index in [0.29, 0.717) is 29.0 Å². The smallest absolute Gasteiger partial charge is 0.306 e. The fraction of sp³-hybridized carbons (Fsp3) is 0.943. The largest absolute Gasteiger partial charge is 0.460 e. The maximum Gasteiger partial charge on any atom is 0.306 e. The summed E-state index contributed by atoms with van der Waals surface area (Å²) in [6, 6.07) is 0. The topological polar surface area (TPSA) is 63.6 Å². The highest BCUT2D eigenvalue weighted by Gasteiger charge is 2.60. The molecule has 4 rings (SSSR count). The van der Waals surface area contributed by atoms with Crippen LogP contribution in [0.5, 0.6) is 0 Å². The average Bonchev–Trinajstić information content (AvgIpc) is 3.20. The molecule has 0 aromatic heterocycles. The monoisotopic (exact) mass is 546 g/mol. The Kier molecular flexibility index (Phi) is 11.2. The first-order valence-electron chi connectivity index (χ1n) is 16.6. The Bertz CT molecular complexity index is 814. The van der Waals surface area contributed by atoms with Crippen molar-refractivity contribution in [3.05, 3.63) is 0 Å². The molecule has 4 fully saturated rings. The number of hydrogen-bond acceptors (Lipinski definition) is 4. The Hall–Kier alpha value is -0.900. The molecule has 4 aliphatic rings. The molecule has 0 heterocycles. The van der Waals surface area contributed by atoms with Crippen LogP contribution >= 0.6 is 0 Å². The molecule has 0 bridgehead atoms. The van der Waals surface area contributed by atoms with Crippen molar-refractivity contribution in [2.75, 3.05) is 0 Å². The Morgan fingerprint density at radius 2 is 1.59 bits per heavy atom. The van der Waals surface area contributed by atoms with E-state index >= 15 is 0 Å². The van der Waals surface area contributed by atoms with Gasteiger partial charge < -0.3 is 14.6 Å². The molecular weight excluding hydrogens is 484 g/mol. The maximum absolute atomic E-state index is 12.3. The minimum Gasteiger partial charge on any atom is -0.460 e. The van der Waals surface area contributed by atoms with Gasteiger partial charge in [0, 0.05) is 12.8 Å². The van der Waals surface area contributed by atoms with Crippen LogP contribution in [0.25, 0.3) is 0 Å². The lowest BCUT2D eigenvalue weighted by atomic mass is 9.44. The molecule has 0 spiro atoms. The average molecular weight is 547 g/mol. The second kappa shape index (κ2) is 13.4. The van der Waals surface area contributed by atoms with Gasteiger partial charge in [0.15, 0.2) is 0 Å². The van der Waals surface area contributed by atoms with Crippen LogP contribution in [0.1, 0.15) is 152 Å². The van der Waals surface area contributed by atoms with Crippen molar-refractivity contribution in [3.8, 4) is 0 Å². The number of fused-ring (bicyclic) bond motifs is 5. The van der Waals surface area contributed by atoms with Crippen molar-refractivity contribution in [2.45, 2.75) is 163 Å². The van der Waals surface area contributed by atoms with Gasteiger partial charge in [-0.15, -0.1) is 0 Å². The van der Waals surface area contributed by atoms with Crippen molar-refractivity contribution in [1.82, 2.24) is 0 Å². The summed E-state index contributed by atoms with van der Waals surface area (Å²) in [5.41, 5.74) is 0.531. The molecule has 0 amide bonds. The van der Waals surface area contributed by atoms with Crippen molar-refractivity contribution < 1.29 is 19.4 Å². The van der Waals surface area contributed by atoms with Gasteiger partial charge in [0.05, 0.1) is 6.10 Å². The SMILES string of the molecule is CCCCCC(C)=O.C[C@H](CCC(=O)OC(C)(C)C)[C@H]1CC[C@H]2[C@@H]3CC[C@@H]4C[C@H](O)CC[C@]4(C)[C@H]3CC[C@]12C. The van der Waals surface area contributed by atoms with Gasteiger partial charge in [-0.3, -0.25) is 4.79 Å². The van der Waals surface area contributed by atoms with Crippen LogP contribution in [-0.4, -0.2) is 28.6 Å². The summed E-state index contributed by atoms with van der Waals surface area (Å²) >= 11 is 0. The lowest BCUT2D eigenvalue weighted by molar-refractivity contribution is -0.155. The fourth-order valence-corrected chi connectivity index (χ4v) is 9.77. The third-order valence-electron chi connectivity index (χ3n) is 11.8. The van der Waals surface area contributed by atoms with Gasteiger partial charge in [-0.05, 0) is 145 Å². The zero-order chi connectivity index (χ0) is 29.0. The number of rotatable bonds is 8. The van der Waals surface area contributed by atoms with E-state index in [1.807, 2.05) is 20.8 Å². The predicted octanol–water partition coefficient (Wildman–Crippen LogP) is 8.92. The van der Waals surface area contributed by atoms with E-state index in [9.17, 15) is 14.7 Å². The number of carbonyl (C=O) groups excluding carboxylic acids is 2. The number of esters is 1. The van der Waals surface area contributed by atoms with Gasteiger partial charge in [0.2, 0.25) is 0 Å². The lowest BCUT2D eigenvalue weighted by Gasteiger charge is -2.61. The third-order valence-corrected chi connectivity index (χ3v) is 11.8. The zero-order valence-corrected chi connectivity index (χ0v) is 26.8. The first-order chi connectivity index (χ1) is 18.2. The minimum atomic E-state index is -0.382. The second-order valence-corrected chi connectivity index (χ2v) is 15.6. The molecule has 0 radical (unpaired) electrons. The Morgan fingerprint density at radius 3 is 2.23 bits per heavy atom. The minimum absolute atomic E-state index is 0.0338. The summed E-state index contributed by atoms with van der Waals surface area (Å²) in [5.74, 6) is 4.99. The van der Waals surface area contributed by atoms with Crippen LogP contribution in [0.4, 0.5) is 0 Å². The van der Waals surface area contributed by atoms with E-state index in [-0.39, 0.29) is 17.7 Å². The number of aliphatic hydroxyl groups is 1. The number of ketones is 1.